The monoisotopic (exact) mass is 341 g/mol. The van der Waals surface area contributed by atoms with E-state index in [0.717, 1.165) is 33.7 Å². The number of pyridine rings is 1. The van der Waals surface area contributed by atoms with Gasteiger partial charge in [0.25, 0.3) is 5.91 Å². The van der Waals surface area contributed by atoms with Crippen LogP contribution >= 0.6 is 0 Å². The van der Waals surface area contributed by atoms with Crippen molar-refractivity contribution in [1.29, 1.82) is 0 Å². The molecule has 0 bridgehead atoms. The number of imidazole rings is 1. The van der Waals surface area contributed by atoms with Crippen molar-refractivity contribution in [2.75, 3.05) is 5.32 Å². The molecule has 0 saturated heterocycles. The quantitative estimate of drug-likeness (QED) is 0.578. The molecule has 0 fully saturated rings. The molecular weight excluding hydrogens is 322 g/mol. The van der Waals surface area contributed by atoms with Crippen molar-refractivity contribution in [3.63, 3.8) is 0 Å². The number of nitrogens with zero attached hydrogens (tertiary/aromatic N) is 2. The number of hydrogen-bond donors (Lipinski definition) is 1. The Morgan fingerprint density at radius 2 is 1.77 bits per heavy atom. The van der Waals surface area contributed by atoms with Gasteiger partial charge >= 0.3 is 0 Å². The van der Waals surface area contributed by atoms with Crippen molar-refractivity contribution < 1.29 is 4.79 Å². The lowest BCUT2D eigenvalue weighted by atomic mass is 10.1. The van der Waals surface area contributed by atoms with E-state index in [4.69, 9.17) is 0 Å². The molecule has 2 aromatic heterocycles. The van der Waals surface area contributed by atoms with Crippen molar-refractivity contribution >= 4 is 17.2 Å². The number of hydrogen-bond acceptors (Lipinski definition) is 2. The minimum absolute atomic E-state index is 0.0987. The van der Waals surface area contributed by atoms with Gasteiger partial charge in [0.05, 0.1) is 5.69 Å². The second-order valence-electron chi connectivity index (χ2n) is 6.39. The highest BCUT2D eigenvalue weighted by molar-refractivity contribution is 6.05. The summed E-state index contributed by atoms with van der Waals surface area (Å²) in [6, 6.07) is 19.5. The molecule has 0 aliphatic rings. The SMILES string of the molecule is Cc1ccc(-c2cn3ccccc3n2)cc1NC(=O)c1ccccc1C. The van der Waals surface area contributed by atoms with Crippen molar-refractivity contribution in [1.82, 2.24) is 9.38 Å². The van der Waals surface area contributed by atoms with Crippen molar-refractivity contribution in [2.45, 2.75) is 13.8 Å². The van der Waals surface area contributed by atoms with Gasteiger partial charge in [-0.15, -0.1) is 0 Å². The highest BCUT2D eigenvalue weighted by Crippen LogP contribution is 2.26. The number of aromatic nitrogens is 2. The van der Waals surface area contributed by atoms with E-state index in [2.05, 4.69) is 10.3 Å². The summed E-state index contributed by atoms with van der Waals surface area (Å²) in [7, 11) is 0. The normalized spacial score (nSPS) is 10.8. The van der Waals surface area contributed by atoms with Gasteiger partial charge in [-0.05, 0) is 49.2 Å². The number of aryl methyl sites for hydroxylation is 2. The van der Waals surface area contributed by atoms with Gasteiger partial charge in [0.15, 0.2) is 0 Å². The summed E-state index contributed by atoms with van der Waals surface area (Å²) in [5.41, 5.74) is 6.20. The summed E-state index contributed by atoms with van der Waals surface area (Å²) in [4.78, 5) is 17.3. The molecule has 26 heavy (non-hydrogen) atoms. The predicted molar refractivity (Wildman–Crippen MR) is 104 cm³/mol. The van der Waals surface area contributed by atoms with Crippen LogP contribution < -0.4 is 5.32 Å². The average molecular weight is 341 g/mol. The van der Waals surface area contributed by atoms with Crippen LogP contribution in [0.1, 0.15) is 21.5 Å². The van der Waals surface area contributed by atoms with Crippen molar-refractivity contribution in [2.24, 2.45) is 0 Å². The van der Waals surface area contributed by atoms with E-state index < -0.39 is 0 Å². The summed E-state index contributed by atoms with van der Waals surface area (Å²) in [6.45, 7) is 3.93. The lowest BCUT2D eigenvalue weighted by molar-refractivity contribution is 0.102. The van der Waals surface area contributed by atoms with E-state index >= 15 is 0 Å². The highest BCUT2D eigenvalue weighted by Gasteiger charge is 2.12. The maximum atomic E-state index is 12.6. The third-order valence-corrected chi connectivity index (χ3v) is 4.54. The molecule has 0 atom stereocenters. The standard InChI is InChI=1S/C22H19N3O/c1-15-7-3-4-8-18(15)22(26)24-19-13-17(11-10-16(19)2)20-14-25-12-6-5-9-21(25)23-20/h3-14H,1-2H3,(H,24,26). The molecule has 2 heterocycles. The van der Waals surface area contributed by atoms with Gasteiger partial charge in [-0.25, -0.2) is 4.98 Å². The number of benzene rings is 2. The summed E-state index contributed by atoms with van der Waals surface area (Å²) in [5, 5.41) is 3.04. The Morgan fingerprint density at radius 3 is 2.58 bits per heavy atom. The van der Waals surface area contributed by atoms with E-state index in [1.807, 2.05) is 91.3 Å². The largest absolute Gasteiger partial charge is 0.322 e. The molecule has 0 aliphatic heterocycles. The smallest absolute Gasteiger partial charge is 0.255 e. The van der Waals surface area contributed by atoms with E-state index in [1.54, 1.807) is 0 Å². The van der Waals surface area contributed by atoms with Crippen LogP contribution in [-0.4, -0.2) is 15.3 Å². The van der Waals surface area contributed by atoms with Crippen LogP contribution in [0.2, 0.25) is 0 Å². The number of carbonyl (C=O) groups is 1. The minimum Gasteiger partial charge on any atom is -0.322 e. The first kappa shape index (κ1) is 16.1. The van der Waals surface area contributed by atoms with E-state index in [0.29, 0.717) is 5.56 Å². The van der Waals surface area contributed by atoms with Gasteiger partial charge in [-0.1, -0.05) is 36.4 Å². The molecule has 1 amide bonds. The molecule has 0 unspecified atom stereocenters. The molecule has 0 radical (unpaired) electrons. The average Bonchev–Trinajstić information content (AvgIpc) is 3.08. The maximum absolute atomic E-state index is 12.6. The molecule has 1 N–H and O–H groups in total. The van der Waals surface area contributed by atoms with E-state index in [1.165, 1.54) is 0 Å². The first-order valence-corrected chi connectivity index (χ1v) is 8.53. The van der Waals surface area contributed by atoms with Crippen LogP contribution in [0.3, 0.4) is 0 Å². The number of amides is 1. The van der Waals surface area contributed by atoms with Crippen LogP contribution in [0, 0.1) is 13.8 Å². The minimum atomic E-state index is -0.0987. The third kappa shape index (κ3) is 2.97. The molecule has 0 aliphatic carbocycles. The van der Waals surface area contributed by atoms with Gasteiger partial charge < -0.3 is 9.72 Å². The van der Waals surface area contributed by atoms with Crippen LogP contribution in [-0.2, 0) is 0 Å². The molecule has 4 heteroatoms. The second kappa shape index (κ2) is 6.48. The Morgan fingerprint density at radius 1 is 0.962 bits per heavy atom. The highest BCUT2D eigenvalue weighted by atomic mass is 16.1. The molecular formula is C22H19N3O. The molecule has 4 rings (SSSR count). The van der Waals surface area contributed by atoms with Crippen molar-refractivity contribution in [3.05, 3.63) is 89.7 Å². The topological polar surface area (TPSA) is 46.4 Å². The number of nitrogens with one attached hydrogen (secondary N) is 1. The van der Waals surface area contributed by atoms with E-state index in [9.17, 15) is 4.79 Å². The van der Waals surface area contributed by atoms with Gasteiger partial charge in [-0.2, -0.15) is 0 Å². The number of fused-ring (bicyclic) bond motifs is 1. The van der Waals surface area contributed by atoms with Crippen LogP contribution in [0.25, 0.3) is 16.9 Å². The van der Waals surface area contributed by atoms with Crippen molar-refractivity contribution in [3.8, 4) is 11.3 Å². The summed E-state index contributed by atoms with van der Waals surface area (Å²) in [5.74, 6) is -0.0987. The maximum Gasteiger partial charge on any atom is 0.255 e. The van der Waals surface area contributed by atoms with Crippen LogP contribution in [0.15, 0.2) is 73.1 Å². The Balaban J connectivity index is 1.68. The summed E-state index contributed by atoms with van der Waals surface area (Å²) >= 11 is 0. The fourth-order valence-electron chi connectivity index (χ4n) is 3.01. The van der Waals surface area contributed by atoms with Gasteiger partial charge in [-0.3, -0.25) is 4.79 Å². The Labute approximate surface area is 152 Å². The number of carbonyl (C=O) groups excluding carboxylic acids is 1. The van der Waals surface area contributed by atoms with Gasteiger partial charge in [0.1, 0.15) is 5.65 Å². The zero-order valence-corrected chi connectivity index (χ0v) is 14.7. The summed E-state index contributed by atoms with van der Waals surface area (Å²) < 4.78 is 1.99. The molecule has 4 aromatic rings. The molecule has 0 saturated carbocycles. The predicted octanol–water partition coefficient (Wildman–Crippen LogP) is 4.87. The zero-order valence-electron chi connectivity index (χ0n) is 14.7. The summed E-state index contributed by atoms with van der Waals surface area (Å²) in [6.07, 6.45) is 3.97. The number of rotatable bonds is 3. The van der Waals surface area contributed by atoms with E-state index in [-0.39, 0.29) is 5.91 Å². The Bertz CT molecular complexity index is 1080. The fraction of sp³-hybridized carbons (Fsp3) is 0.0909. The third-order valence-electron chi connectivity index (χ3n) is 4.54. The molecule has 128 valence electrons. The Hall–Kier alpha value is -3.40. The molecule has 4 nitrogen and oxygen atoms in total. The lowest BCUT2D eigenvalue weighted by Gasteiger charge is -2.11. The zero-order chi connectivity index (χ0) is 18.1. The van der Waals surface area contributed by atoms with Crippen LogP contribution in [0.4, 0.5) is 5.69 Å². The second-order valence-corrected chi connectivity index (χ2v) is 6.39. The molecule has 2 aromatic carbocycles. The number of anilines is 1. The van der Waals surface area contributed by atoms with Crippen LogP contribution in [0.5, 0.6) is 0 Å². The molecule has 0 spiro atoms. The Kier molecular flexibility index (Phi) is 4.01. The first-order valence-electron chi connectivity index (χ1n) is 8.53. The lowest BCUT2D eigenvalue weighted by Crippen LogP contribution is -2.14. The van der Waals surface area contributed by atoms with Gasteiger partial charge in [0.2, 0.25) is 0 Å². The first-order chi connectivity index (χ1) is 12.6. The fourth-order valence-corrected chi connectivity index (χ4v) is 3.01. The van der Waals surface area contributed by atoms with Gasteiger partial charge in [0, 0.05) is 29.2 Å².